The van der Waals surface area contributed by atoms with Crippen molar-refractivity contribution in [2.24, 2.45) is 5.73 Å². The second-order valence-corrected chi connectivity index (χ2v) is 4.17. The highest BCUT2D eigenvalue weighted by molar-refractivity contribution is 9.10. The zero-order chi connectivity index (χ0) is 13.4. The van der Waals surface area contributed by atoms with Gasteiger partial charge in [-0.1, -0.05) is 0 Å². The van der Waals surface area contributed by atoms with Gasteiger partial charge >= 0.3 is 0 Å². The number of aromatic hydroxyl groups is 1. The van der Waals surface area contributed by atoms with Gasteiger partial charge in [0, 0.05) is 0 Å². The highest BCUT2D eigenvalue weighted by atomic mass is 79.9. The van der Waals surface area contributed by atoms with E-state index in [-0.39, 0.29) is 16.9 Å². The number of benzene rings is 1. The maximum atomic E-state index is 13.3. The normalized spacial score (nSPS) is 13.1. The van der Waals surface area contributed by atoms with E-state index in [4.69, 9.17) is 10.8 Å². The monoisotopic (exact) mass is 353 g/mol. The van der Waals surface area contributed by atoms with Crippen LogP contribution in [0, 0.1) is 11.6 Å². The molecular weight excluding hydrogens is 345 g/mol. The molecule has 1 aromatic rings. The summed E-state index contributed by atoms with van der Waals surface area (Å²) in [5.41, 5.74) is 3.94. The summed E-state index contributed by atoms with van der Waals surface area (Å²) in [6, 6.07) is -1.78. The van der Waals surface area contributed by atoms with Crippen molar-refractivity contribution in [3.8, 4) is 5.75 Å². The minimum absolute atomic E-state index is 0. The zero-order valence-corrected chi connectivity index (χ0v) is 11.0. The molecule has 0 fully saturated rings. The Morgan fingerprint density at radius 1 is 1.39 bits per heavy atom. The van der Waals surface area contributed by atoms with Gasteiger partial charge in [-0.2, -0.15) is 0 Å². The highest BCUT2D eigenvalue weighted by Gasteiger charge is 2.41. The van der Waals surface area contributed by atoms with E-state index in [0.717, 1.165) is 0 Å². The number of aliphatic hydroxyl groups excluding tert-OH is 1. The Morgan fingerprint density at radius 2 is 1.89 bits per heavy atom. The second-order valence-electron chi connectivity index (χ2n) is 3.31. The molecule has 1 aromatic carbocycles. The summed E-state index contributed by atoms with van der Waals surface area (Å²) in [6.07, 6.45) is 0. The molecule has 0 saturated carbocycles. The molecule has 0 radical (unpaired) electrons. The fraction of sp³-hybridized carbons (Fsp3) is 0.333. The first-order valence-electron chi connectivity index (χ1n) is 4.33. The van der Waals surface area contributed by atoms with Crippen LogP contribution in [0.1, 0.15) is 11.6 Å². The molecule has 0 aliphatic rings. The zero-order valence-electron chi connectivity index (χ0n) is 8.63. The minimum Gasteiger partial charge on any atom is -0.506 e. The predicted octanol–water partition coefficient (Wildman–Crippen LogP) is 2.48. The lowest BCUT2D eigenvalue weighted by Crippen LogP contribution is -2.37. The molecule has 9 heteroatoms. The molecule has 18 heavy (non-hydrogen) atoms. The molecule has 0 amide bonds. The third-order valence-electron chi connectivity index (χ3n) is 2.16. The van der Waals surface area contributed by atoms with Crippen LogP contribution in [-0.2, 0) is 0 Å². The van der Waals surface area contributed by atoms with Gasteiger partial charge in [0.1, 0.15) is 18.4 Å². The Bertz CT molecular complexity index is 421. The highest BCUT2D eigenvalue weighted by Crippen LogP contribution is 2.40. The summed E-state index contributed by atoms with van der Waals surface area (Å²) in [5, 5.41) is 17.8. The van der Waals surface area contributed by atoms with E-state index < -0.39 is 41.5 Å². The van der Waals surface area contributed by atoms with Crippen molar-refractivity contribution in [3.05, 3.63) is 27.7 Å². The van der Waals surface area contributed by atoms with Crippen LogP contribution in [0.2, 0.25) is 0 Å². The molecule has 104 valence electrons. The van der Waals surface area contributed by atoms with Crippen molar-refractivity contribution >= 4 is 28.3 Å². The molecular formula is C9H9BrClF4NO2. The number of hydrogen-bond acceptors (Lipinski definition) is 3. The molecule has 4 N–H and O–H groups in total. The van der Waals surface area contributed by atoms with Crippen LogP contribution >= 0.6 is 28.3 Å². The lowest BCUT2D eigenvalue weighted by molar-refractivity contribution is -0.0724. The number of aliphatic hydroxyl groups is 1. The Kier molecular flexibility index (Phi) is 5.86. The topological polar surface area (TPSA) is 66.5 Å². The van der Waals surface area contributed by atoms with Crippen LogP contribution in [0.5, 0.6) is 5.75 Å². The average Bonchev–Trinajstić information content (AvgIpc) is 2.26. The first kappa shape index (κ1) is 17.4. The van der Waals surface area contributed by atoms with Crippen molar-refractivity contribution in [2.75, 3.05) is 6.61 Å². The molecule has 1 rings (SSSR count). The molecule has 0 bridgehead atoms. The molecule has 0 aliphatic heterocycles. The quantitative estimate of drug-likeness (QED) is 0.577. The fourth-order valence-electron chi connectivity index (χ4n) is 1.20. The summed E-state index contributed by atoms with van der Waals surface area (Å²) in [6.45, 7) is -1.65. The maximum absolute atomic E-state index is 13.3. The largest absolute Gasteiger partial charge is 0.506 e. The molecule has 0 heterocycles. The number of rotatable bonds is 3. The van der Waals surface area contributed by atoms with Gasteiger partial charge < -0.3 is 15.9 Å². The summed E-state index contributed by atoms with van der Waals surface area (Å²) >= 11 is 2.67. The van der Waals surface area contributed by atoms with Crippen LogP contribution < -0.4 is 5.73 Å². The molecule has 0 aromatic heterocycles. The predicted molar refractivity (Wildman–Crippen MR) is 61.9 cm³/mol. The van der Waals surface area contributed by atoms with Crippen molar-refractivity contribution in [3.63, 3.8) is 0 Å². The van der Waals surface area contributed by atoms with Crippen LogP contribution in [0.3, 0.4) is 0 Å². The second kappa shape index (κ2) is 6.05. The van der Waals surface area contributed by atoms with Crippen molar-refractivity contribution in [1.82, 2.24) is 0 Å². The van der Waals surface area contributed by atoms with E-state index in [0.29, 0.717) is 6.07 Å². The number of hydrogen-bond donors (Lipinski definition) is 3. The number of nitrogens with two attached hydrogens (primary N) is 1. The number of phenols is 1. The van der Waals surface area contributed by atoms with E-state index in [1.54, 1.807) is 0 Å². The molecule has 0 saturated heterocycles. The van der Waals surface area contributed by atoms with Crippen molar-refractivity contribution in [2.45, 2.75) is 12.0 Å². The molecule has 0 spiro atoms. The van der Waals surface area contributed by atoms with E-state index >= 15 is 0 Å². The Labute approximate surface area is 114 Å². The van der Waals surface area contributed by atoms with E-state index in [1.165, 1.54) is 0 Å². The first-order chi connectivity index (χ1) is 7.72. The van der Waals surface area contributed by atoms with Crippen LogP contribution in [0.4, 0.5) is 17.6 Å². The Balaban J connectivity index is 0.00000289. The van der Waals surface area contributed by atoms with E-state index in [9.17, 15) is 22.7 Å². The van der Waals surface area contributed by atoms with Crippen LogP contribution in [0.25, 0.3) is 0 Å². The van der Waals surface area contributed by atoms with Gasteiger partial charge in [0.25, 0.3) is 5.92 Å². The van der Waals surface area contributed by atoms with Gasteiger partial charge in [-0.05, 0) is 22.0 Å². The van der Waals surface area contributed by atoms with Gasteiger partial charge in [0.15, 0.2) is 11.6 Å². The summed E-state index contributed by atoms with van der Waals surface area (Å²) in [5.74, 6) is -7.92. The smallest absolute Gasteiger partial charge is 0.289 e. The maximum Gasteiger partial charge on any atom is 0.289 e. The third-order valence-corrected chi connectivity index (χ3v) is 2.76. The Morgan fingerprint density at radius 3 is 2.33 bits per heavy atom. The lowest BCUT2D eigenvalue weighted by atomic mass is 10.00. The van der Waals surface area contributed by atoms with Gasteiger partial charge in [0.2, 0.25) is 0 Å². The number of halogens is 6. The lowest BCUT2D eigenvalue weighted by Gasteiger charge is -2.23. The van der Waals surface area contributed by atoms with E-state index in [1.807, 2.05) is 0 Å². The van der Waals surface area contributed by atoms with Gasteiger partial charge in [-0.15, -0.1) is 12.4 Å². The minimum atomic E-state index is -3.88. The van der Waals surface area contributed by atoms with Gasteiger partial charge in [0.05, 0.1) is 10.0 Å². The fourth-order valence-corrected chi connectivity index (χ4v) is 1.61. The van der Waals surface area contributed by atoms with Crippen LogP contribution in [-0.4, -0.2) is 22.7 Å². The summed E-state index contributed by atoms with van der Waals surface area (Å²) < 4.78 is 52.1. The molecule has 0 aliphatic carbocycles. The molecule has 0 unspecified atom stereocenters. The molecule has 3 nitrogen and oxygen atoms in total. The third kappa shape index (κ3) is 3.05. The number of phenolic OH excluding ortho intramolecular Hbond substituents is 1. The van der Waals surface area contributed by atoms with Crippen LogP contribution in [0.15, 0.2) is 10.5 Å². The first-order valence-corrected chi connectivity index (χ1v) is 5.12. The Hall–Kier alpha value is -0.570. The summed E-state index contributed by atoms with van der Waals surface area (Å²) in [4.78, 5) is 0. The van der Waals surface area contributed by atoms with Crippen molar-refractivity contribution in [1.29, 1.82) is 0 Å². The average molecular weight is 355 g/mol. The van der Waals surface area contributed by atoms with Gasteiger partial charge in [-0.25, -0.2) is 17.6 Å². The van der Waals surface area contributed by atoms with Gasteiger partial charge in [-0.3, -0.25) is 0 Å². The SMILES string of the molecule is Cl.N[C@H](c1c(O)c(Br)cc(F)c1F)C(F)(F)CO. The standard InChI is InChI=1S/C9H8BrF4NO2.ClH/c10-3-1-4(11)6(12)5(7(3)17)8(15)9(13,14)2-16;/h1,8,16-17H,2,15H2;1H/t8-;/m1./s1. The van der Waals surface area contributed by atoms with Crippen molar-refractivity contribution < 1.29 is 27.8 Å². The number of alkyl halides is 2. The molecule has 1 atom stereocenters. The van der Waals surface area contributed by atoms with E-state index in [2.05, 4.69) is 15.9 Å². The summed E-state index contributed by atoms with van der Waals surface area (Å²) in [7, 11) is 0.